The molecule has 1 heterocycles. The van der Waals surface area contributed by atoms with Gasteiger partial charge in [-0.1, -0.05) is 6.07 Å². The van der Waals surface area contributed by atoms with Crippen molar-refractivity contribution in [2.75, 3.05) is 13.7 Å². The van der Waals surface area contributed by atoms with Gasteiger partial charge >= 0.3 is 5.69 Å². The van der Waals surface area contributed by atoms with E-state index >= 15 is 0 Å². The van der Waals surface area contributed by atoms with E-state index in [1.54, 1.807) is 6.07 Å². The Hall–Kier alpha value is -1.62. The summed E-state index contributed by atoms with van der Waals surface area (Å²) in [6.07, 6.45) is 0.674. The van der Waals surface area contributed by atoms with Crippen molar-refractivity contribution in [3.63, 3.8) is 0 Å². The third-order valence-electron chi connectivity index (χ3n) is 2.98. The van der Waals surface area contributed by atoms with Crippen LogP contribution >= 0.6 is 0 Å². The van der Waals surface area contributed by atoms with Crippen molar-refractivity contribution in [3.05, 3.63) is 33.4 Å². The van der Waals surface area contributed by atoms with Gasteiger partial charge in [0.1, 0.15) is 0 Å². The number of nitrogens with zero attached hydrogens (tertiary/aromatic N) is 1. The lowest BCUT2D eigenvalue weighted by atomic mass is 9.93. The Labute approximate surface area is 93.6 Å². The smallest absolute Gasteiger partial charge is 0.314 e. The minimum Gasteiger partial charge on any atom is -0.490 e. The van der Waals surface area contributed by atoms with Gasteiger partial charge in [0, 0.05) is 18.2 Å². The number of nitro benzene ring substituents is 1. The SMILES string of the molecule is COc1ccc2c(c1[N+](=O)[O-])CCNC2C. The van der Waals surface area contributed by atoms with Crippen molar-refractivity contribution in [1.82, 2.24) is 5.32 Å². The van der Waals surface area contributed by atoms with Crippen LogP contribution in [0.15, 0.2) is 12.1 Å². The molecule has 1 aliphatic heterocycles. The zero-order chi connectivity index (χ0) is 11.7. The van der Waals surface area contributed by atoms with Gasteiger partial charge in [-0.05, 0) is 25.0 Å². The summed E-state index contributed by atoms with van der Waals surface area (Å²) in [6.45, 7) is 2.77. The fourth-order valence-electron chi connectivity index (χ4n) is 2.19. The van der Waals surface area contributed by atoms with Crippen LogP contribution in [0.4, 0.5) is 5.69 Å². The molecule has 1 N–H and O–H groups in total. The molecule has 0 radical (unpaired) electrons. The first-order valence-electron chi connectivity index (χ1n) is 5.22. The van der Waals surface area contributed by atoms with Crippen molar-refractivity contribution >= 4 is 5.69 Å². The molecule has 0 spiro atoms. The lowest BCUT2D eigenvalue weighted by molar-refractivity contribution is -0.386. The zero-order valence-corrected chi connectivity index (χ0v) is 9.32. The van der Waals surface area contributed by atoms with Crippen molar-refractivity contribution in [1.29, 1.82) is 0 Å². The van der Waals surface area contributed by atoms with E-state index in [2.05, 4.69) is 5.32 Å². The van der Waals surface area contributed by atoms with Crippen molar-refractivity contribution in [2.45, 2.75) is 19.4 Å². The van der Waals surface area contributed by atoms with Crippen molar-refractivity contribution in [3.8, 4) is 5.75 Å². The van der Waals surface area contributed by atoms with Gasteiger partial charge in [0.15, 0.2) is 5.75 Å². The molecule has 86 valence electrons. The molecule has 0 aliphatic carbocycles. The number of rotatable bonds is 2. The van der Waals surface area contributed by atoms with E-state index in [4.69, 9.17) is 4.74 Å². The fraction of sp³-hybridized carbons (Fsp3) is 0.455. The number of nitrogens with one attached hydrogen (secondary N) is 1. The highest BCUT2D eigenvalue weighted by Gasteiger charge is 2.27. The molecule has 0 bridgehead atoms. The van der Waals surface area contributed by atoms with Crippen LogP contribution in [0.25, 0.3) is 0 Å². The molecule has 0 aromatic heterocycles. The maximum Gasteiger partial charge on any atom is 0.314 e. The molecule has 1 aliphatic rings. The lowest BCUT2D eigenvalue weighted by Gasteiger charge is -2.24. The molecule has 2 rings (SSSR count). The van der Waals surface area contributed by atoms with Crippen LogP contribution < -0.4 is 10.1 Å². The van der Waals surface area contributed by atoms with Crippen LogP contribution in [0.3, 0.4) is 0 Å². The number of ether oxygens (including phenoxy) is 1. The minimum atomic E-state index is -0.351. The number of benzene rings is 1. The molecule has 1 atom stereocenters. The standard InChI is InChI=1S/C11H14N2O3/c1-7-8-3-4-10(16-2)11(13(14)15)9(8)5-6-12-7/h3-4,7,12H,5-6H2,1-2H3. The molecule has 0 saturated heterocycles. The largest absolute Gasteiger partial charge is 0.490 e. The van der Waals surface area contributed by atoms with Gasteiger partial charge in [-0.3, -0.25) is 10.1 Å². The Morgan fingerprint density at radius 2 is 2.31 bits per heavy atom. The summed E-state index contributed by atoms with van der Waals surface area (Å²) in [5.74, 6) is 0.345. The molecule has 1 aromatic carbocycles. The summed E-state index contributed by atoms with van der Waals surface area (Å²) in [4.78, 5) is 10.7. The minimum absolute atomic E-state index is 0.119. The highest BCUT2D eigenvalue weighted by molar-refractivity contribution is 5.57. The summed E-state index contributed by atoms with van der Waals surface area (Å²) in [6, 6.07) is 3.73. The number of nitro groups is 1. The van der Waals surface area contributed by atoms with Gasteiger partial charge in [0.05, 0.1) is 12.0 Å². The van der Waals surface area contributed by atoms with Crippen LogP contribution in [-0.2, 0) is 6.42 Å². The van der Waals surface area contributed by atoms with Crippen molar-refractivity contribution < 1.29 is 9.66 Å². The molecule has 5 heteroatoms. The van der Waals surface area contributed by atoms with Gasteiger partial charge < -0.3 is 10.1 Å². The maximum atomic E-state index is 11.1. The lowest BCUT2D eigenvalue weighted by Crippen LogP contribution is -2.28. The molecule has 16 heavy (non-hydrogen) atoms. The highest BCUT2D eigenvalue weighted by atomic mass is 16.6. The first-order chi connectivity index (χ1) is 7.65. The van der Waals surface area contributed by atoms with E-state index in [0.29, 0.717) is 12.2 Å². The van der Waals surface area contributed by atoms with E-state index in [9.17, 15) is 10.1 Å². The van der Waals surface area contributed by atoms with E-state index in [-0.39, 0.29) is 16.7 Å². The second-order valence-electron chi connectivity index (χ2n) is 3.87. The van der Waals surface area contributed by atoms with Crippen LogP contribution in [-0.4, -0.2) is 18.6 Å². The van der Waals surface area contributed by atoms with Crippen LogP contribution in [0.1, 0.15) is 24.1 Å². The Bertz CT molecular complexity index is 431. The monoisotopic (exact) mass is 222 g/mol. The number of hydrogen-bond donors (Lipinski definition) is 1. The predicted molar refractivity (Wildman–Crippen MR) is 59.8 cm³/mol. The Morgan fingerprint density at radius 1 is 1.56 bits per heavy atom. The summed E-state index contributed by atoms with van der Waals surface area (Å²) in [5.41, 5.74) is 1.92. The summed E-state index contributed by atoms with van der Waals surface area (Å²) in [7, 11) is 1.46. The quantitative estimate of drug-likeness (QED) is 0.612. The molecule has 1 unspecified atom stereocenters. The Kier molecular flexibility index (Phi) is 2.78. The number of hydrogen-bond acceptors (Lipinski definition) is 4. The first kappa shape index (κ1) is 10.9. The van der Waals surface area contributed by atoms with Gasteiger partial charge in [-0.2, -0.15) is 0 Å². The van der Waals surface area contributed by atoms with Gasteiger partial charge in [-0.15, -0.1) is 0 Å². The molecule has 0 saturated carbocycles. The third-order valence-corrected chi connectivity index (χ3v) is 2.98. The van der Waals surface area contributed by atoms with Crippen LogP contribution in [0, 0.1) is 10.1 Å². The molecular weight excluding hydrogens is 208 g/mol. The van der Waals surface area contributed by atoms with Crippen LogP contribution in [0.5, 0.6) is 5.75 Å². The predicted octanol–water partition coefficient (Wildman–Crippen LogP) is 1.81. The third kappa shape index (κ3) is 1.63. The van der Waals surface area contributed by atoms with E-state index in [0.717, 1.165) is 17.7 Å². The topological polar surface area (TPSA) is 64.4 Å². The molecular formula is C11H14N2O3. The average molecular weight is 222 g/mol. The Morgan fingerprint density at radius 3 is 2.94 bits per heavy atom. The Balaban J connectivity index is 2.62. The molecule has 0 amide bonds. The van der Waals surface area contributed by atoms with Gasteiger partial charge in [0.25, 0.3) is 0 Å². The van der Waals surface area contributed by atoms with E-state index in [1.807, 2.05) is 13.0 Å². The second kappa shape index (κ2) is 4.09. The number of fused-ring (bicyclic) bond motifs is 1. The summed E-state index contributed by atoms with van der Waals surface area (Å²) < 4.78 is 5.05. The van der Waals surface area contributed by atoms with Gasteiger partial charge in [-0.25, -0.2) is 0 Å². The first-order valence-corrected chi connectivity index (χ1v) is 5.22. The fourth-order valence-corrected chi connectivity index (χ4v) is 2.19. The summed E-state index contributed by atoms with van der Waals surface area (Å²) in [5, 5.41) is 14.3. The molecule has 1 aromatic rings. The second-order valence-corrected chi connectivity index (χ2v) is 3.87. The summed E-state index contributed by atoms with van der Waals surface area (Å²) >= 11 is 0. The zero-order valence-electron chi connectivity index (χ0n) is 9.32. The van der Waals surface area contributed by atoms with E-state index in [1.165, 1.54) is 7.11 Å². The molecule has 0 fully saturated rings. The number of methoxy groups -OCH3 is 1. The molecule has 5 nitrogen and oxygen atoms in total. The highest BCUT2D eigenvalue weighted by Crippen LogP contribution is 2.37. The normalized spacial score (nSPS) is 19.0. The average Bonchev–Trinajstić information content (AvgIpc) is 2.27. The van der Waals surface area contributed by atoms with Crippen LogP contribution in [0.2, 0.25) is 0 Å². The maximum absolute atomic E-state index is 11.1. The van der Waals surface area contributed by atoms with E-state index < -0.39 is 0 Å². The van der Waals surface area contributed by atoms with Crippen molar-refractivity contribution in [2.24, 2.45) is 0 Å². The van der Waals surface area contributed by atoms with Gasteiger partial charge in [0.2, 0.25) is 0 Å².